The van der Waals surface area contributed by atoms with Crippen molar-refractivity contribution >= 4 is 5.97 Å². The fourth-order valence-corrected chi connectivity index (χ4v) is 1.74. The van der Waals surface area contributed by atoms with Crippen molar-refractivity contribution in [2.75, 3.05) is 13.6 Å². The first kappa shape index (κ1) is 15.4. The van der Waals surface area contributed by atoms with Crippen molar-refractivity contribution in [2.24, 2.45) is 5.41 Å². The van der Waals surface area contributed by atoms with Crippen LogP contribution in [0.2, 0.25) is 0 Å². The van der Waals surface area contributed by atoms with E-state index in [-0.39, 0.29) is 0 Å². The SMILES string of the molecule is CCCC(C)N(C)CCCC(C)(C)C(=O)O. The molecule has 0 aromatic carbocycles. The minimum absolute atomic E-state index is 0.588. The molecule has 0 aliphatic rings. The lowest BCUT2D eigenvalue weighted by atomic mass is 9.88. The van der Waals surface area contributed by atoms with Crippen LogP contribution in [0.3, 0.4) is 0 Å². The van der Waals surface area contributed by atoms with Crippen molar-refractivity contribution in [3.63, 3.8) is 0 Å². The molecule has 0 saturated heterocycles. The molecule has 0 fully saturated rings. The summed E-state index contributed by atoms with van der Waals surface area (Å²) in [5.74, 6) is -0.697. The number of hydrogen-bond acceptors (Lipinski definition) is 2. The van der Waals surface area contributed by atoms with Gasteiger partial charge in [0.2, 0.25) is 0 Å². The maximum Gasteiger partial charge on any atom is 0.309 e. The van der Waals surface area contributed by atoms with Crippen LogP contribution in [0.1, 0.15) is 53.4 Å². The number of nitrogens with zero attached hydrogens (tertiary/aromatic N) is 1. The molecule has 0 radical (unpaired) electrons. The summed E-state index contributed by atoms with van der Waals surface area (Å²) in [7, 11) is 2.12. The zero-order valence-electron chi connectivity index (χ0n) is 11.4. The van der Waals surface area contributed by atoms with E-state index in [9.17, 15) is 4.79 Å². The molecular formula is C13H27NO2. The molecule has 0 aliphatic carbocycles. The summed E-state index contributed by atoms with van der Waals surface area (Å²) in [6, 6.07) is 0.595. The summed E-state index contributed by atoms with van der Waals surface area (Å²) >= 11 is 0. The van der Waals surface area contributed by atoms with Gasteiger partial charge in [0.05, 0.1) is 5.41 Å². The minimum atomic E-state index is -0.697. The highest BCUT2D eigenvalue weighted by atomic mass is 16.4. The summed E-state index contributed by atoms with van der Waals surface area (Å²) in [5, 5.41) is 8.99. The summed E-state index contributed by atoms with van der Waals surface area (Å²) < 4.78 is 0. The molecule has 96 valence electrons. The van der Waals surface area contributed by atoms with Gasteiger partial charge in [0.15, 0.2) is 0 Å². The van der Waals surface area contributed by atoms with Crippen LogP contribution in [0.25, 0.3) is 0 Å². The Hall–Kier alpha value is -0.570. The van der Waals surface area contributed by atoms with E-state index in [1.54, 1.807) is 13.8 Å². The lowest BCUT2D eigenvalue weighted by molar-refractivity contribution is -0.147. The van der Waals surface area contributed by atoms with Gasteiger partial charge in [0, 0.05) is 6.04 Å². The number of carbonyl (C=O) groups is 1. The lowest BCUT2D eigenvalue weighted by Crippen LogP contribution is -2.31. The third kappa shape index (κ3) is 5.50. The van der Waals surface area contributed by atoms with Crippen LogP contribution in [-0.2, 0) is 4.79 Å². The Bertz CT molecular complexity index is 214. The van der Waals surface area contributed by atoms with Crippen LogP contribution >= 0.6 is 0 Å². The van der Waals surface area contributed by atoms with Crippen molar-refractivity contribution in [3.05, 3.63) is 0 Å². The van der Waals surface area contributed by atoms with Crippen molar-refractivity contribution < 1.29 is 9.90 Å². The quantitative estimate of drug-likeness (QED) is 0.695. The van der Waals surface area contributed by atoms with Crippen LogP contribution < -0.4 is 0 Å². The van der Waals surface area contributed by atoms with Gasteiger partial charge < -0.3 is 10.0 Å². The molecule has 0 rings (SSSR count). The fourth-order valence-electron chi connectivity index (χ4n) is 1.74. The zero-order chi connectivity index (χ0) is 12.8. The van der Waals surface area contributed by atoms with Crippen LogP contribution in [0.15, 0.2) is 0 Å². The Labute approximate surface area is 99.8 Å². The molecule has 0 saturated carbocycles. The Morgan fingerprint density at radius 1 is 1.44 bits per heavy atom. The molecule has 0 heterocycles. The molecule has 1 unspecified atom stereocenters. The van der Waals surface area contributed by atoms with Gasteiger partial charge in [-0.3, -0.25) is 4.79 Å². The molecule has 0 amide bonds. The third-order valence-electron chi connectivity index (χ3n) is 3.35. The fraction of sp³-hybridized carbons (Fsp3) is 0.923. The Balaban J connectivity index is 3.85. The zero-order valence-corrected chi connectivity index (χ0v) is 11.4. The van der Waals surface area contributed by atoms with E-state index in [2.05, 4.69) is 25.8 Å². The minimum Gasteiger partial charge on any atom is -0.481 e. The van der Waals surface area contributed by atoms with Crippen LogP contribution in [0, 0.1) is 5.41 Å². The summed E-state index contributed by atoms with van der Waals surface area (Å²) in [6.07, 6.45) is 4.10. The van der Waals surface area contributed by atoms with Gasteiger partial charge in [-0.05, 0) is 53.6 Å². The molecule has 3 nitrogen and oxygen atoms in total. The first-order chi connectivity index (χ1) is 7.31. The Kier molecular flexibility index (Phi) is 6.65. The highest BCUT2D eigenvalue weighted by Gasteiger charge is 2.26. The Morgan fingerprint density at radius 2 is 2.00 bits per heavy atom. The standard InChI is InChI=1S/C13H27NO2/c1-6-8-11(2)14(5)10-7-9-13(3,4)12(15)16/h11H,6-10H2,1-5H3,(H,15,16). The van der Waals surface area contributed by atoms with E-state index < -0.39 is 11.4 Å². The topological polar surface area (TPSA) is 40.5 Å². The van der Waals surface area contributed by atoms with Crippen LogP contribution in [-0.4, -0.2) is 35.6 Å². The monoisotopic (exact) mass is 229 g/mol. The van der Waals surface area contributed by atoms with Crippen molar-refractivity contribution in [1.29, 1.82) is 0 Å². The molecular weight excluding hydrogens is 202 g/mol. The molecule has 1 atom stereocenters. The molecule has 16 heavy (non-hydrogen) atoms. The highest BCUT2D eigenvalue weighted by Crippen LogP contribution is 2.22. The van der Waals surface area contributed by atoms with Crippen LogP contribution in [0.5, 0.6) is 0 Å². The van der Waals surface area contributed by atoms with E-state index in [0.717, 1.165) is 19.4 Å². The second-order valence-electron chi connectivity index (χ2n) is 5.41. The second-order valence-corrected chi connectivity index (χ2v) is 5.41. The van der Waals surface area contributed by atoms with Gasteiger partial charge >= 0.3 is 5.97 Å². The van der Waals surface area contributed by atoms with E-state index in [0.29, 0.717) is 6.04 Å². The third-order valence-corrected chi connectivity index (χ3v) is 3.35. The maximum atomic E-state index is 10.9. The van der Waals surface area contributed by atoms with Gasteiger partial charge in [-0.1, -0.05) is 13.3 Å². The van der Waals surface area contributed by atoms with Crippen molar-refractivity contribution in [3.8, 4) is 0 Å². The molecule has 0 aromatic rings. The maximum absolute atomic E-state index is 10.9. The van der Waals surface area contributed by atoms with E-state index in [1.807, 2.05) is 0 Å². The molecule has 3 heteroatoms. The lowest BCUT2D eigenvalue weighted by Gasteiger charge is -2.26. The van der Waals surface area contributed by atoms with Gasteiger partial charge in [-0.2, -0.15) is 0 Å². The number of carboxylic acids is 1. The molecule has 0 aliphatic heterocycles. The average Bonchev–Trinajstić information content (AvgIpc) is 2.17. The number of carboxylic acid groups (broad SMARTS) is 1. The van der Waals surface area contributed by atoms with E-state index in [1.165, 1.54) is 12.8 Å². The first-order valence-electron chi connectivity index (χ1n) is 6.25. The number of aliphatic carboxylic acids is 1. The summed E-state index contributed by atoms with van der Waals surface area (Å²) in [4.78, 5) is 13.2. The van der Waals surface area contributed by atoms with E-state index >= 15 is 0 Å². The predicted molar refractivity (Wildman–Crippen MR) is 67.7 cm³/mol. The average molecular weight is 229 g/mol. The summed E-state index contributed by atoms with van der Waals surface area (Å²) in [5.41, 5.74) is -0.588. The molecule has 0 spiro atoms. The smallest absolute Gasteiger partial charge is 0.309 e. The molecule has 0 bridgehead atoms. The summed E-state index contributed by atoms with van der Waals surface area (Å²) in [6.45, 7) is 9.00. The molecule has 1 N–H and O–H groups in total. The predicted octanol–water partition coefficient (Wildman–Crippen LogP) is 3.00. The number of hydrogen-bond donors (Lipinski definition) is 1. The van der Waals surface area contributed by atoms with E-state index in [4.69, 9.17) is 5.11 Å². The highest BCUT2D eigenvalue weighted by molar-refractivity contribution is 5.73. The van der Waals surface area contributed by atoms with Gasteiger partial charge in [-0.15, -0.1) is 0 Å². The Morgan fingerprint density at radius 3 is 2.44 bits per heavy atom. The van der Waals surface area contributed by atoms with Gasteiger partial charge in [0.25, 0.3) is 0 Å². The first-order valence-corrected chi connectivity index (χ1v) is 6.25. The van der Waals surface area contributed by atoms with Crippen molar-refractivity contribution in [2.45, 2.75) is 59.4 Å². The van der Waals surface area contributed by atoms with Crippen molar-refractivity contribution in [1.82, 2.24) is 4.90 Å². The molecule has 0 aromatic heterocycles. The second kappa shape index (κ2) is 6.89. The normalized spacial score (nSPS) is 14.1. The van der Waals surface area contributed by atoms with Gasteiger partial charge in [0.1, 0.15) is 0 Å². The number of rotatable bonds is 8. The van der Waals surface area contributed by atoms with Crippen LogP contribution in [0.4, 0.5) is 0 Å². The largest absolute Gasteiger partial charge is 0.481 e. The van der Waals surface area contributed by atoms with Gasteiger partial charge in [-0.25, -0.2) is 0 Å².